The summed E-state index contributed by atoms with van der Waals surface area (Å²) in [6, 6.07) is 0. The number of nitrogens with one attached hydrogen (secondary N) is 1. The zero-order valence-corrected chi connectivity index (χ0v) is 9.58. The van der Waals surface area contributed by atoms with Crippen LogP contribution in [-0.4, -0.2) is 24.1 Å². The van der Waals surface area contributed by atoms with Crippen LogP contribution in [0.1, 0.15) is 5.01 Å². The third kappa shape index (κ3) is 4.09. The Morgan fingerprint density at radius 3 is 2.93 bits per heavy atom. The highest BCUT2D eigenvalue weighted by molar-refractivity contribution is 7.92. The first-order chi connectivity index (χ1) is 6.49. The lowest BCUT2D eigenvalue weighted by atomic mass is 10.7. The molecule has 0 atom stereocenters. The standard InChI is InChI=1S/C6H9N3O2S3/c7-5(12)4-14(10,11)9-3-6-8-1-2-13-6/h1-2,9H,3-4H2,(H2,7,12). The summed E-state index contributed by atoms with van der Waals surface area (Å²) in [6.07, 6.45) is 1.61. The molecule has 1 aromatic rings. The van der Waals surface area contributed by atoms with Gasteiger partial charge in [-0.3, -0.25) is 0 Å². The van der Waals surface area contributed by atoms with Crippen molar-refractivity contribution in [3.63, 3.8) is 0 Å². The minimum atomic E-state index is -3.41. The first-order valence-corrected chi connectivity index (χ1v) is 6.57. The van der Waals surface area contributed by atoms with Crippen molar-refractivity contribution in [2.45, 2.75) is 6.54 Å². The van der Waals surface area contributed by atoms with Crippen molar-refractivity contribution in [1.29, 1.82) is 0 Å². The first-order valence-electron chi connectivity index (χ1n) is 3.63. The van der Waals surface area contributed by atoms with Crippen molar-refractivity contribution in [3.05, 3.63) is 16.6 Å². The van der Waals surface area contributed by atoms with Crippen molar-refractivity contribution >= 4 is 38.6 Å². The second kappa shape index (κ2) is 4.78. The van der Waals surface area contributed by atoms with Crippen LogP contribution in [0.5, 0.6) is 0 Å². The number of nitrogens with zero attached hydrogens (tertiary/aromatic N) is 1. The van der Waals surface area contributed by atoms with Crippen LogP contribution in [-0.2, 0) is 16.6 Å². The van der Waals surface area contributed by atoms with E-state index in [0.29, 0.717) is 5.01 Å². The molecule has 0 aliphatic heterocycles. The first kappa shape index (κ1) is 11.5. The van der Waals surface area contributed by atoms with Crippen LogP contribution in [0.2, 0.25) is 0 Å². The molecule has 1 aromatic heterocycles. The van der Waals surface area contributed by atoms with Gasteiger partial charge in [-0.2, -0.15) is 0 Å². The van der Waals surface area contributed by atoms with E-state index in [1.165, 1.54) is 11.3 Å². The summed E-state index contributed by atoms with van der Waals surface area (Å²) in [5.74, 6) is -0.326. The van der Waals surface area contributed by atoms with Crippen LogP contribution in [0.3, 0.4) is 0 Å². The van der Waals surface area contributed by atoms with Crippen LogP contribution in [0.25, 0.3) is 0 Å². The average Bonchev–Trinajstić information content (AvgIpc) is 2.50. The Kier molecular flexibility index (Phi) is 3.93. The summed E-state index contributed by atoms with van der Waals surface area (Å²) in [5, 5.41) is 2.48. The topological polar surface area (TPSA) is 85.1 Å². The smallest absolute Gasteiger partial charge is 0.218 e. The molecule has 5 nitrogen and oxygen atoms in total. The molecule has 1 rings (SSSR count). The molecule has 0 amide bonds. The van der Waals surface area contributed by atoms with E-state index in [0.717, 1.165) is 0 Å². The third-order valence-corrected chi connectivity index (χ3v) is 3.64. The summed E-state index contributed by atoms with van der Waals surface area (Å²) < 4.78 is 24.8. The van der Waals surface area contributed by atoms with E-state index in [2.05, 4.69) is 21.9 Å². The van der Waals surface area contributed by atoms with Gasteiger partial charge in [-0.1, -0.05) is 12.2 Å². The Balaban J connectivity index is 2.49. The van der Waals surface area contributed by atoms with Gasteiger partial charge in [-0.15, -0.1) is 11.3 Å². The lowest BCUT2D eigenvalue weighted by molar-refractivity contribution is 0.585. The summed E-state index contributed by atoms with van der Waals surface area (Å²) in [4.78, 5) is 3.88. The van der Waals surface area contributed by atoms with Crippen LogP contribution in [0, 0.1) is 0 Å². The predicted octanol–water partition coefficient (Wildman–Crippen LogP) is -0.151. The molecule has 0 fully saturated rings. The zero-order chi connectivity index (χ0) is 10.6. The van der Waals surface area contributed by atoms with Crippen LogP contribution in [0.15, 0.2) is 11.6 Å². The Morgan fingerprint density at radius 1 is 1.71 bits per heavy atom. The molecule has 0 bridgehead atoms. The zero-order valence-electron chi connectivity index (χ0n) is 7.13. The van der Waals surface area contributed by atoms with Gasteiger partial charge in [0.1, 0.15) is 10.8 Å². The molecule has 0 spiro atoms. The number of nitrogens with two attached hydrogens (primary N) is 1. The molecule has 0 unspecified atom stereocenters. The van der Waals surface area contributed by atoms with E-state index in [1.807, 2.05) is 0 Å². The van der Waals surface area contributed by atoms with Gasteiger partial charge in [0.2, 0.25) is 10.0 Å². The number of hydrogen-bond acceptors (Lipinski definition) is 5. The van der Waals surface area contributed by atoms with Gasteiger partial charge in [0.05, 0.1) is 11.5 Å². The molecule has 0 saturated carbocycles. The van der Waals surface area contributed by atoms with Crippen molar-refractivity contribution in [2.75, 3.05) is 5.75 Å². The van der Waals surface area contributed by atoms with Crippen molar-refractivity contribution < 1.29 is 8.42 Å². The molecule has 14 heavy (non-hydrogen) atoms. The molecule has 0 radical (unpaired) electrons. The average molecular weight is 251 g/mol. The summed E-state index contributed by atoms with van der Waals surface area (Å²) in [5.41, 5.74) is 5.13. The summed E-state index contributed by atoms with van der Waals surface area (Å²) in [6.45, 7) is 0.183. The molecule has 0 aliphatic rings. The van der Waals surface area contributed by atoms with Gasteiger partial charge in [0.15, 0.2) is 0 Å². The van der Waals surface area contributed by atoms with Crippen LogP contribution >= 0.6 is 23.6 Å². The second-order valence-corrected chi connectivity index (χ2v) is 5.78. The predicted molar refractivity (Wildman–Crippen MR) is 59.5 cm³/mol. The molecule has 1 heterocycles. The number of thiazole rings is 1. The number of aromatic nitrogens is 1. The van der Waals surface area contributed by atoms with E-state index >= 15 is 0 Å². The fraction of sp³-hybridized carbons (Fsp3) is 0.333. The molecular weight excluding hydrogens is 242 g/mol. The molecule has 78 valence electrons. The van der Waals surface area contributed by atoms with Crippen LogP contribution in [0.4, 0.5) is 0 Å². The minimum Gasteiger partial charge on any atom is -0.392 e. The van der Waals surface area contributed by atoms with E-state index in [9.17, 15) is 8.42 Å². The fourth-order valence-corrected chi connectivity index (χ4v) is 2.70. The summed E-state index contributed by atoms with van der Waals surface area (Å²) in [7, 11) is -3.41. The van der Waals surface area contributed by atoms with E-state index < -0.39 is 10.0 Å². The highest BCUT2D eigenvalue weighted by Crippen LogP contribution is 2.03. The lowest BCUT2D eigenvalue weighted by Crippen LogP contribution is -2.31. The lowest BCUT2D eigenvalue weighted by Gasteiger charge is -2.02. The number of thiocarbonyl (C=S) groups is 1. The molecule has 0 aliphatic carbocycles. The Labute approximate surface area is 91.4 Å². The fourth-order valence-electron chi connectivity index (χ4n) is 0.750. The Bertz CT molecular complexity index is 398. The second-order valence-electron chi connectivity index (χ2n) is 2.47. The maximum atomic E-state index is 11.2. The number of hydrogen-bond donors (Lipinski definition) is 2. The summed E-state index contributed by atoms with van der Waals surface area (Å²) >= 11 is 5.88. The molecule has 3 N–H and O–H groups in total. The van der Waals surface area contributed by atoms with Gasteiger partial charge in [0, 0.05) is 11.6 Å². The van der Waals surface area contributed by atoms with Crippen molar-refractivity contribution in [2.24, 2.45) is 5.73 Å². The Hall–Kier alpha value is -0.570. The SMILES string of the molecule is NC(=S)CS(=O)(=O)NCc1nccs1. The van der Waals surface area contributed by atoms with E-state index in [-0.39, 0.29) is 17.3 Å². The quantitative estimate of drug-likeness (QED) is 0.711. The van der Waals surface area contributed by atoms with Crippen molar-refractivity contribution in [3.8, 4) is 0 Å². The highest BCUT2D eigenvalue weighted by atomic mass is 32.2. The third-order valence-electron chi connectivity index (χ3n) is 1.26. The van der Waals surface area contributed by atoms with Gasteiger partial charge in [-0.25, -0.2) is 18.1 Å². The molecule has 0 aromatic carbocycles. The number of sulfonamides is 1. The number of rotatable bonds is 5. The van der Waals surface area contributed by atoms with Gasteiger partial charge < -0.3 is 5.73 Å². The minimum absolute atomic E-state index is 0.0448. The normalized spacial score (nSPS) is 11.4. The van der Waals surface area contributed by atoms with Gasteiger partial charge in [-0.05, 0) is 0 Å². The molecular formula is C6H9N3O2S3. The van der Waals surface area contributed by atoms with Gasteiger partial charge in [0.25, 0.3) is 0 Å². The highest BCUT2D eigenvalue weighted by Gasteiger charge is 2.11. The van der Waals surface area contributed by atoms with E-state index in [1.54, 1.807) is 11.6 Å². The Morgan fingerprint density at radius 2 is 2.43 bits per heavy atom. The maximum Gasteiger partial charge on any atom is 0.218 e. The van der Waals surface area contributed by atoms with Crippen molar-refractivity contribution in [1.82, 2.24) is 9.71 Å². The molecule has 0 saturated heterocycles. The van der Waals surface area contributed by atoms with E-state index in [4.69, 9.17) is 5.73 Å². The largest absolute Gasteiger partial charge is 0.392 e. The van der Waals surface area contributed by atoms with Gasteiger partial charge >= 0.3 is 0 Å². The van der Waals surface area contributed by atoms with Crippen LogP contribution < -0.4 is 10.5 Å². The molecule has 8 heteroatoms. The monoisotopic (exact) mass is 251 g/mol. The maximum absolute atomic E-state index is 11.2.